The van der Waals surface area contributed by atoms with Crippen LogP contribution in [0.4, 0.5) is 0 Å². The maximum absolute atomic E-state index is 9.94. The van der Waals surface area contributed by atoms with Crippen LogP contribution in [0.3, 0.4) is 0 Å². The Hall–Kier alpha value is -2.82. The van der Waals surface area contributed by atoms with E-state index in [1.54, 1.807) is 6.33 Å². The maximum Gasteiger partial charge on any atom is 0.157 e. The SMILES string of the molecule is N#C[C@@]1(c2ccc3cnn(-c4cc(C5CCN(C6COC6)CC5)ncn4)c3c2)CC12CC2. The van der Waals surface area contributed by atoms with Crippen molar-refractivity contribution < 1.29 is 4.74 Å². The van der Waals surface area contributed by atoms with E-state index in [0.29, 0.717) is 12.0 Å². The maximum atomic E-state index is 9.94. The van der Waals surface area contributed by atoms with Crippen LogP contribution in [-0.4, -0.2) is 57.0 Å². The van der Waals surface area contributed by atoms with Gasteiger partial charge in [0.05, 0.1) is 42.5 Å². The summed E-state index contributed by atoms with van der Waals surface area (Å²) in [5, 5.41) is 15.7. The minimum atomic E-state index is -0.299. The van der Waals surface area contributed by atoms with E-state index >= 15 is 0 Å². The van der Waals surface area contributed by atoms with Crippen LogP contribution in [0.2, 0.25) is 0 Å². The van der Waals surface area contributed by atoms with Gasteiger partial charge in [0.1, 0.15) is 6.33 Å². The molecule has 3 aromatic rings. The summed E-state index contributed by atoms with van der Waals surface area (Å²) in [4.78, 5) is 11.7. The molecule has 0 bridgehead atoms. The summed E-state index contributed by atoms with van der Waals surface area (Å²) in [7, 11) is 0. The number of rotatable bonds is 4. The van der Waals surface area contributed by atoms with Crippen molar-refractivity contribution in [3.63, 3.8) is 0 Å². The fourth-order valence-electron chi connectivity index (χ4n) is 6.01. The molecular formula is C25H26N6O. The Balaban J connectivity index is 1.18. The largest absolute Gasteiger partial charge is 0.378 e. The van der Waals surface area contributed by atoms with Crippen LogP contribution < -0.4 is 0 Å². The average Bonchev–Trinajstić information content (AvgIpc) is 3.67. The van der Waals surface area contributed by atoms with Gasteiger partial charge in [-0.2, -0.15) is 10.4 Å². The average molecular weight is 427 g/mol. The molecule has 7 heteroatoms. The molecule has 2 aromatic heterocycles. The second-order valence-corrected chi connectivity index (χ2v) is 10.1. The topological polar surface area (TPSA) is 79.9 Å². The molecule has 1 aromatic carbocycles. The van der Waals surface area contributed by atoms with Crippen LogP contribution in [-0.2, 0) is 10.2 Å². The molecule has 162 valence electrons. The van der Waals surface area contributed by atoms with Crippen LogP contribution >= 0.6 is 0 Å². The van der Waals surface area contributed by atoms with Gasteiger partial charge in [-0.1, -0.05) is 12.1 Å². The van der Waals surface area contributed by atoms with Crippen molar-refractivity contribution in [3.8, 4) is 11.9 Å². The van der Waals surface area contributed by atoms with Gasteiger partial charge in [-0.25, -0.2) is 14.6 Å². The highest BCUT2D eigenvalue weighted by Gasteiger charge is 2.75. The third-order valence-electron chi connectivity index (χ3n) is 8.47. The highest BCUT2D eigenvalue weighted by molar-refractivity contribution is 5.81. The number of nitrogens with zero attached hydrogens (tertiary/aromatic N) is 6. The lowest BCUT2D eigenvalue weighted by Gasteiger charge is -2.41. The summed E-state index contributed by atoms with van der Waals surface area (Å²) in [6, 6.07) is 11.7. The number of ether oxygens (including phenoxy) is 1. The molecule has 4 fully saturated rings. The summed E-state index contributed by atoms with van der Waals surface area (Å²) in [5.74, 6) is 1.26. The van der Waals surface area contributed by atoms with E-state index < -0.39 is 0 Å². The molecule has 0 unspecified atom stereocenters. The quantitative estimate of drug-likeness (QED) is 0.637. The molecule has 7 nitrogen and oxygen atoms in total. The Bertz CT molecular complexity index is 1240. The number of aromatic nitrogens is 4. The molecular weight excluding hydrogens is 400 g/mol. The zero-order chi connectivity index (χ0) is 21.3. The molecule has 2 saturated carbocycles. The van der Waals surface area contributed by atoms with Gasteiger partial charge in [0.15, 0.2) is 5.82 Å². The highest BCUT2D eigenvalue weighted by atomic mass is 16.5. The van der Waals surface area contributed by atoms with Gasteiger partial charge >= 0.3 is 0 Å². The minimum absolute atomic E-state index is 0.253. The lowest BCUT2D eigenvalue weighted by molar-refractivity contribution is -0.0713. The Labute approximate surface area is 187 Å². The number of benzene rings is 1. The second kappa shape index (κ2) is 6.60. The summed E-state index contributed by atoms with van der Waals surface area (Å²) < 4.78 is 7.27. The zero-order valence-electron chi connectivity index (χ0n) is 18.1. The van der Waals surface area contributed by atoms with Crippen molar-refractivity contribution in [2.24, 2.45) is 5.41 Å². The number of fused-ring (bicyclic) bond motifs is 1. The first-order chi connectivity index (χ1) is 15.7. The van der Waals surface area contributed by atoms with Crippen LogP contribution in [0.15, 0.2) is 36.8 Å². The number of hydrogen-bond acceptors (Lipinski definition) is 6. The molecule has 2 aliphatic carbocycles. The third-order valence-corrected chi connectivity index (χ3v) is 8.47. The molecule has 7 rings (SSSR count). The summed E-state index contributed by atoms with van der Waals surface area (Å²) in [6.07, 6.45) is 9.15. The first kappa shape index (κ1) is 18.7. The predicted molar refractivity (Wildman–Crippen MR) is 118 cm³/mol. The molecule has 1 spiro atoms. The Morgan fingerprint density at radius 1 is 1.09 bits per heavy atom. The third kappa shape index (κ3) is 2.63. The molecule has 4 aliphatic rings. The van der Waals surface area contributed by atoms with E-state index in [1.807, 2.05) is 10.9 Å². The van der Waals surface area contributed by atoms with E-state index in [-0.39, 0.29) is 10.8 Å². The van der Waals surface area contributed by atoms with Gasteiger partial charge in [-0.05, 0) is 62.2 Å². The van der Waals surface area contributed by atoms with Crippen LogP contribution in [0, 0.1) is 16.7 Å². The van der Waals surface area contributed by atoms with Crippen molar-refractivity contribution >= 4 is 10.9 Å². The standard InChI is InChI=1S/C25H26N6O/c26-15-25(14-24(25)5-6-24)19-2-1-18-11-29-31(22(18)9-19)23-10-21(27-16-28-23)17-3-7-30(8-4-17)20-12-32-13-20/h1-2,9-11,16-17,20H,3-8,12-14H2/t25-/m1/s1. The minimum Gasteiger partial charge on any atom is -0.378 e. The van der Waals surface area contributed by atoms with Gasteiger partial charge in [0, 0.05) is 23.1 Å². The Morgan fingerprint density at radius 2 is 1.94 bits per heavy atom. The molecule has 2 saturated heterocycles. The molecule has 32 heavy (non-hydrogen) atoms. The van der Waals surface area contributed by atoms with Gasteiger partial charge in [0.2, 0.25) is 0 Å². The monoisotopic (exact) mass is 426 g/mol. The first-order valence-electron chi connectivity index (χ1n) is 11.8. The molecule has 0 amide bonds. The number of likely N-dealkylation sites (tertiary alicyclic amines) is 1. The lowest BCUT2D eigenvalue weighted by atomic mass is 9.92. The fraction of sp³-hybridized carbons (Fsp3) is 0.520. The lowest BCUT2D eigenvalue weighted by Crippen LogP contribution is -2.51. The number of nitriles is 1. The number of piperidine rings is 1. The summed E-state index contributed by atoms with van der Waals surface area (Å²) >= 11 is 0. The predicted octanol–water partition coefficient (Wildman–Crippen LogP) is 3.34. The van der Waals surface area contributed by atoms with Gasteiger partial charge in [0.25, 0.3) is 0 Å². The van der Waals surface area contributed by atoms with Crippen LogP contribution in [0.5, 0.6) is 0 Å². The number of hydrogen-bond donors (Lipinski definition) is 0. The van der Waals surface area contributed by atoms with Crippen molar-refractivity contribution in [1.82, 2.24) is 24.6 Å². The summed E-state index contributed by atoms with van der Waals surface area (Å²) in [5.41, 5.74) is 3.21. The van der Waals surface area contributed by atoms with E-state index in [9.17, 15) is 5.26 Å². The second-order valence-electron chi connectivity index (χ2n) is 10.1. The van der Waals surface area contributed by atoms with Crippen molar-refractivity contribution in [3.05, 3.63) is 48.0 Å². The molecule has 0 radical (unpaired) electrons. The smallest absolute Gasteiger partial charge is 0.157 e. The highest BCUT2D eigenvalue weighted by Crippen LogP contribution is 2.78. The van der Waals surface area contributed by atoms with E-state index in [1.165, 1.54) is 12.8 Å². The molecule has 2 aliphatic heterocycles. The van der Waals surface area contributed by atoms with E-state index in [4.69, 9.17) is 4.74 Å². The zero-order valence-corrected chi connectivity index (χ0v) is 18.1. The normalized spacial score (nSPS) is 27.3. The first-order valence-corrected chi connectivity index (χ1v) is 11.8. The van der Waals surface area contributed by atoms with Gasteiger partial charge < -0.3 is 4.74 Å². The van der Waals surface area contributed by atoms with E-state index in [0.717, 1.165) is 73.5 Å². The van der Waals surface area contributed by atoms with Gasteiger partial charge in [-0.15, -0.1) is 0 Å². The molecule has 4 heterocycles. The van der Waals surface area contributed by atoms with Crippen molar-refractivity contribution in [2.45, 2.75) is 49.5 Å². The fourth-order valence-corrected chi connectivity index (χ4v) is 6.01. The van der Waals surface area contributed by atoms with Crippen LogP contribution in [0.25, 0.3) is 16.7 Å². The molecule has 1 atom stereocenters. The molecule has 0 N–H and O–H groups in total. The summed E-state index contributed by atoms with van der Waals surface area (Å²) in [6.45, 7) is 3.96. The van der Waals surface area contributed by atoms with E-state index in [2.05, 4.69) is 50.3 Å². The Morgan fingerprint density at radius 3 is 2.62 bits per heavy atom. The van der Waals surface area contributed by atoms with Crippen molar-refractivity contribution in [2.75, 3.05) is 26.3 Å². The Kier molecular flexibility index (Phi) is 3.86. The van der Waals surface area contributed by atoms with Crippen molar-refractivity contribution in [1.29, 1.82) is 5.26 Å². The van der Waals surface area contributed by atoms with Gasteiger partial charge in [-0.3, -0.25) is 4.90 Å². The van der Waals surface area contributed by atoms with Crippen LogP contribution in [0.1, 0.15) is 49.3 Å².